The van der Waals surface area contributed by atoms with Gasteiger partial charge in [-0.15, -0.1) is 0 Å². The quantitative estimate of drug-likeness (QED) is 0.711. The van der Waals surface area contributed by atoms with Gasteiger partial charge in [0.05, 0.1) is 20.7 Å². The molecule has 0 spiro atoms. The van der Waals surface area contributed by atoms with Gasteiger partial charge in [0, 0.05) is 11.3 Å². The monoisotopic (exact) mass is 458 g/mol. The van der Waals surface area contributed by atoms with Gasteiger partial charge < -0.3 is 11.1 Å². The van der Waals surface area contributed by atoms with E-state index in [-0.39, 0.29) is 45.1 Å². The highest BCUT2D eigenvalue weighted by atomic mass is 35.5. The lowest BCUT2D eigenvalue weighted by molar-refractivity contribution is -0.137. The summed E-state index contributed by atoms with van der Waals surface area (Å²) in [7, 11) is -3.55. The Kier molecular flexibility index (Phi) is 5.83. The molecule has 0 fully saturated rings. The van der Waals surface area contributed by atoms with E-state index < -0.39 is 26.8 Å². The number of nitrogens with zero attached hydrogens (tertiary/aromatic N) is 2. The van der Waals surface area contributed by atoms with Crippen molar-refractivity contribution in [1.29, 1.82) is 0 Å². The van der Waals surface area contributed by atoms with Crippen LogP contribution in [0.25, 0.3) is 11.1 Å². The summed E-state index contributed by atoms with van der Waals surface area (Å²) < 4.78 is 65.9. The molecule has 3 N–H and O–H groups in total. The summed E-state index contributed by atoms with van der Waals surface area (Å²) in [6, 6.07) is 7.38. The van der Waals surface area contributed by atoms with Gasteiger partial charge in [-0.2, -0.15) is 18.2 Å². The summed E-state index contributed by atoms with van der Waals surface area (Å²) in [4.78, 5) is 7.87. The first-order valence-electron chi connectivity index (χ1n) is 8.79. The van der Waals surface area contributed by atoms with Crippen LogP contribution in [0.5, 0.6) is 0 Å². The molecule has 0 saturated carbocycles. The summed E-state index contributed by atoms with van der Waals surface area (Å²) in [5.74, 6) is 0.334. The van der Waals surface area contributed by atoms with E-state index in [0.29, 0.717) is 0 Å². The number of hydrogen-bond donors (Lipinski definition) is 2. The van der Waals surface area contributed by atoms with Crippen molar-refractivity contribution in [3.05, 3.63) is 47.0 Å². The molecule has 0 amide bonds. The fourth-order valence-electron chi connectivity index (χ4n) is 2.84. The van der Waals surface area contributed by atoms with E-state index in [4.69, 9.17) is 17.3 Å². The van der Waals surface area contributed by atoms with Gasteiger partial charge in [0.1, 0.15) is 12.4 Å². The van der Waals surface area contributed by atoms with Crippen LogP contribution in [-0.4, -0.2) is 32.0 Å². The summed E-state index contributed by atoms with van der Waals surface area (Å²) >= 11 is 6.21. The standard InChI is InChI=1S/C19H18ClF3N4O2S/c1-10(2)30(28,29)13-5-3-11(4-6-13)17-14(19(21,22)23)7-12(8-15(17)20)26-18-25-9-16(24)27-18/h3-8,10H,9H2,1-2H3,(H3,24,25,26,27). The average Bonchev–Trinajstić information content (AvgIpc) is 3.05. The Labute approximate surface area is 176 Å². The van der Waals surface area contributed by atoms with E-state index in [9.17, 15) is 21.6 Å². The summed E-state index contributed by atoms with van der Waals surface area (Å²) in [6.45, 7) is 3.21. The number of sulfone groups is 1. The number of hydrogen-bond acceptors (Lipinski definition) is 6. The molecule has 30 heavy (non-hydrogen) atoms. The molecule has 1 heterocycles. The van der Waals surface area contributed by atoms with Crippen LogP contribution in [0.3, 0.4) is 0 Å². The Hall–Kier alpha value is -2.59. The van der Waals surface area contributed by atoms with Gasteiger partial charge in [0.15, 0.2) is 9.84 Å². The van der Waals surface area contributed by atoms with E-state index in [0.717, 1.165) is 6.07 Å². The minimum absolute atomic E-state index is 0.0268. The normalized spacial score (nSPS) is 14.6. The number of alkyl halides is 3. The molecule has 0 bridgehead atoms. The Morgan fingerprint density at radius 2 is 1.80 bits per heavy atom. The smallest absolute Gasteiger partial charge is 0.385 e. The second kappa shape index (κ2) is 7.92. The zero-order valence-corrected chi connectivity index (χ0v) is 17.5. The lowest BCUT2D eigenvalue weighted by Crippen LogP contribution is -2.14. The lowest BCUT2D eigenvalue weighted by atomic mass is 9.98. The van der Waals surface area contributed by atoms with Crippen LogP contribution in [0.15, 0.2) is 51.3 Å². The molecule has 0 saturated heterocycles. The van der Waals surface area contributed by atoms with Crippen molar-refractivity contribution in [3.63, 3.8) is 0 Å². The van der Waals surface area contributed by atoms with Crippen molar-refractivity contribution in [2.24, 2.45) is 15.7 Å². The largest absolute Gasteiger partial charge is 0.417 e. The van der Waals surface area contributed by atoms with Gasteiger partial charge >= 0.3 is 6.18 Å². The molecular formula is C19H18ClF3N4O2S. The van der Waals surface area contributed by atoms with Gasteiger partial charge in [-0.25, -0.2) is 13.4 Å². The van der Waals surface area contributed by atoms with E-state index in [1.165, 1.54) is 44.2 Å². The van der Waals surface area contributed by atoms with Crippen LogP contribution in [0, 0.1) is 0 Å². The molecule has 2 aromatic carbocycles. The maximum atomic E-state index is 13.8. The van der Waals surface area contributed by atoms with Crippen molar-refractivity contribution < 1.29 is 21.6 Å². The second-order valence-electron chi connectivity index (χ2n) is 6.86. The Balaban J connectivity index is 2.06. The first-order chi connectivity index (χ1) is 13.9. The van der Waals surface area contributed by atoms with Crippen LogP contribution in [0.4, 0.5) is 18.9 Å². The van der Waals surface area contributed by atoms with E-state index in [1.807, 2.05) is 0 Å². The first kappa shape index (κ1) is 22.1. The van der Waals surface area contributed by atoms with Gasteiger partial charge in [0.25, 0.3) is 0 Å². The van der Waals surface area contributed by atoms with Crippen molar-refractivity contribution in [2.75, 3.05) is 11.9 Å². The van der Waals surface area contributed by atoms with Crippen molar-refractivity contribution in [1.82, 2.24) is 0 Å². The number of guanidine groups is 1. The molecule has 11 heteroatoms. The molecule has 0 unspecified atom stereocenters. The predicted octanol–water partition coefficient (Wildman–Crippen LogP) is 4.35. The lowest BCUT2D eigenvalue weighted by Gasteiger charge is -2.17. The molecular weight excluding hydrogens is 441 g/mol. The number of aliphatic imine (C=N–C) groups is 2. The second-order valence-corrected chi connectivity index (χ2v) is 9.78. The average molecular weight is 459 g/mol. The third-order valence-corrected chi connectivity index (χ3v) is 6.85. The number of amidine groups is 1. The number of nitrogens with one attached hydrogen (secondary N) is 1. The minimum Gasteiger partial charge on any atom is -0.385 e. The highest BCUT2D eigenvalue weighted by molar-refractivity contribution is 7.92. The molecule has 6 nitrogen and oxygen atoms in total. The van der Waals surface area contributed by atoms with Gasteiger partial charge in [-0.1, -0.05) is 23.7 Å². The predicted molar refractivity (Wildman–Crippen MR) is 112 cm³/mol. The van der Waals surface area contributed by atoms with Crippen LogP contribution in [-0.2, 0) is 16.0 Å². The van der Waals surface area contributed by atoms with Gasteiger partial charge in [-0.05, 0) is 43.7 Å². The van der Waals surface area contributed by atoms with Crippen LogP contribution in [0.2, 0.25) is 5.02 Å². The van der Waals surface area contributed by atoms with Gasteiger partial charge in [0.2, 0.25) is 5.96 Å². The summed E-state index contributed by atoms with van der Waals surface area (Å²) in [5, 5.41) is 1.84. The maximum absolute atomic E-state index is 13.8. The third-order valence-electron chi connectivity index (χ3n) is 4.38. The maximum Gasteiger partial charge on any atom is 0.417 e. The van der Waals surface area contributed by atoms with Gasteiger partial charge in [-0.3, -0.25) is 0 Å². The van der Waals surface area contributed by atoms with Crippen LogP contribution in [0.1, 0.15) is 19.4 Å². The number of rotatable bonds is 4. The van der Waals surface area contributed by atoms with E-state index in [2.05, 4.69) is 15.3 Å². The molecule has 160 valence electrons. The fourth-order valence-corrected chi connectivity index (χ4v) is 4.23. The summed E-state index contributed by atoms with van der Waals surface area (Å²) in [5.41, 5.74) is 4.48. The van der Waals surface area contributed by atoms with E-state index >= 15 is 0 Å². The number of anilines is 1. The zero-order valence-electron chi connectivity index (χ0n) is 16.0. The molecule has 1 aliphatic heterocycles. The molecule has 2 aromatic rings. The zero-order chi connectivity index (χ0) is 22.3. The highest BCUT2D eigenvalue weighted by Gasteiger charge is 2.35. The Morgan fingerprint density at radius 1 is 1.17 bits per heavy atom. The van der Waals surface area contributed by atoms with Crippen LogP contribution < -0.4 is 11.1 Å². The number of benzene rings is 2. The Morgan fingerprint density at radius 3 is 2.30 bits per heavy atom. The first-order valence-corrected chi connectivity index (χ1v) is 10.7. The summed E-state index contributed by atoms with van der Waals surface area (Å²) in [6.07, 6.45) is -4.71. The fraction of sp³-hybridized carbons (Fsp3) is 0.263. The molecule has 3 rings (SSSR count). The molecule has 0 radical (unpaired) electrons. The van der Waals surface area contributed by atoms with Crippen molar-refractivity contribution in [3.8, 4) is 11.1 Å². The molecule has 0 atom stereocenters. The highest BCUT2D eigenvalue weighted by Crippen LogP contribution is 2.43. The Bertz CT molecular complexity index is 1140. The number of halogens is 4. The number of nitrogens with two attached hydrogens (primary N) is 1. The molecule has 0 aromatic heterocycles. The minimum atomic E-state index is -4.71. The molecule has 1 aliphatic rings. The van der Waals surface area contributed by atoms with Crippen molar-refractivity contribution >= 4 is 38.9 Å². The van der Waals surface area contributed by atoms with Crippen LogP contribution >= 0.6 is 11.6 Å². The third kappa shape index (κ3) is 4.44. The topological polar surface area (TPSA) is 96.9 Å². The van der Waals surface area contributed by atoms with E-state index in [1.54, 1.807) is 0 Å². The van der Waals surface area contributed by atoms with Crippen molar-refractivity contribution in [2.45, 2.75) is 30.2 Å². The SMILES string of the molecule is CC(C)S(=O)(=O)c1ccc(-c2c(Cl)cc(NC3=NCC(N)=N3)cc2C(F)(F)F)cc1. The molecule has 0 aliphatic carbocycles.